The van der Waals surface area contributed by atoms with Gasteiger partial charge in [-0.25, -0.2) is 17.8 Å². The van der Waals surface area contributed by atoms with Gasteiger partial charge in [0.05, 0.1) is 10.6 Å². The average Bonchev–Trinajstić information content (AvgIpc) is 3.28. The van der Waals surface area contributed by atoms with Crippen LogP contribution in [-0.4, -0.2) is 65.2 Å². The maximum atomic E-state index is 14.6. The van der Waals surface area contributed by atoms with Gasteiger partial charge in [0.2, 0.25) is 15.9 Å². The molecule has 0 aliphatic carbocycles. The minimum absolute atomic E-state index is 0.0793. The highest BCUT2D eigenvalue weighted by atomic mass is 32.2. The van der Waals surface area contributed by atoms with Crippen molar-refractivity contribution < 1.29 is 22.4 Å². The van der Waals surface area contributed by atoms with E-state index in [2.05, 4.69) is 10.3 Å². The minimum Gasteiger partial charge on any atom is -0.348 e. The van der Waals surface area contributed by atoms with Crippen molar-refractivity contribution in [1.29, 1.82) is 0 Å². The van der Waals surface area contributed by atoms with Crippen LogP contribution in [0.25, 0.3) is 5.69 Å². The molecule has 1 fully saturated rings. The highest BCUT2D eigenvalue weighted by molar-refractivity contribution is 7.89. The summed E-state index contributed by atoms with van der Waals surface area (Å²) in [5.74, 6) is -0.256. The third kappa shape index (κ3) is 5.25. The smallest absolute Gasteiger partial charge is 0.251 e. The molecule has 3 aromatic rings. The molecule has 2 amide bonds. The van der Waals surface area contributed by atoms with E-state index in [-0.39, 0.29) is 36.0 Å². The monoisotopic (exact) mass is 499 g/mol. The van der Waals surface area contributed by atoms with Crippen molar-refractivity contribution in [3.05, 3.63) is 77.6 Å². The van der Waals surface area contributed by atoms with Crippen LogP contribution in [0, 0.1) is 12.7 Å². The molecule has 1 aliphatic rings. The number of hydrogen-bond donors (Lipinski definition) is 1. The molecule has 2 aromatic carbocycles. The van der Waals surface area contributed by atoms with Crippen LogP contribution in [0.2, 0.25) is 0 Å². The number of sulfonamides is 1. The summed E-state index contributed by atoms with van der Waals surface area (Å²) in [6.45, 7) is 4.48. The Morgan fingerprint density at radius 3 is 2.31 bits per heavy atom. The largest absolute Gasteiger partial charge is 0.348 e. The number of amides is 2. The molecule has 1 aliphatic heterocycles. The van der Waals surface area contributed by atoms with Crippen LogP contribution in [0.4, 0.5) is 4.39 Å². The van der Waals surface area contributed by atoms with E-state index >= 15 is 0 Å². The van der Waals surface area contributed by atoms with Crippen LogP contribution in [0.3, 0.4) is 0 Å². The molecule has 1 N–H and O–H groups in total. The summed E-state index contributed by atoms with van der Waals surface area (Å²) in [7, 11) is -3.72. The lowest BCUT2D eigenvalue weighted by atomic mass is 10.1. The molecule has 4 rings (SSSR count). The lowest BCUT2D eigenvalue weighted by molar-refractivity contribution is -0.129. The topological polar surface area (TPSA) is 105 Å². The number of nitrogens with one attached hydrogen (secondary N) is 1. The van der Waals surface area contributed by atoms with Gasteiger partial charge in [-0.05, 0) is 48.9 Å². The second-order valence-corrected chi connectivity index (χ2v) is 10.2. The van der Waals surface area contributed by atoms with Gasteiger partial charge < -0.3 is 14.8 Å². The fourth-order valence-corrected chi connectivity index (χ4v) is 5.37. The number of imidazole rings is 1. The van der Waals surface area contributed by atoms with E-state index < -0.39 is 21.7 Å². The van der Waals surface area contributed by atoms with Gasteiger partial charge in [0, 0.05) is 57.6 Å². The SMILES string of the molecule is CC(=O)N1CCN(S(=O)(=O)c2ccc(C(=O)NCc3ccc(-n4ccnc4C)c(F)c3)cc2)CC1. The van der Waals surface area contributed by atoms with Gasteiger partial charge >= 0.3 is 0 Å². The zero-order valence-corrected chi connectivity index (χ0v) is 20.3. The van der Waals surface area contributed by atoms with E-state index in [4.69, 9.17) is 0 Å². The Balaban J connectivity index is 1.37. The van der Waals surface area contributed by atoms with Crippen LogP contribution in [0.1, 0.15) is 28.7 Å². The van der Waals surface area contributed by atoms with Gasteiger partial charge in [-0.3, -0.25) is 9.59 Å². The van der Waals surface area contributed by atoms with E-state index in [9.17, 15) is 22.4 Å². The quantitative estimate of drug-likeness (QED) is 0.559. The lowest BCUT2D eigenvalue weighted by Crippen LogP contribution is -2.49. The number of hydrogen-bond acceptors (Lipinski definition) is 5. The van der Waals surface area contributed by atoms with Crippen molar-refractivity contribution in [1.82, 2.24) is 24.1 Å². The fraction of sp³-hybridized carbons (Fsp3) is 0.292. The predicted octanol–water partition coefficient (Wildman–Crippen LogP) is 2.10. The van der Waals surface area contributed by atoms with Gasteiger partial charge in [-0.15, -0.1) is 0 Å². The predicted molar refractivity (Wildman–Crippen MR) is 127 cm³/mol. The molecule has 1 saturated heterocycles. The molecule has 0 atom stereocenters. The first-order valence-corrected chi connectivity index (χ1v) is 12.5. The number of aromatic nitrogens is 2. The van der Waals surface area contributed by atoms with Crippen LogP contribution in [0.5, 0.6) is 0 Å². The molecular formula is C24H26FN5O4S. The van der Waals surface area contributed by atoms with Gasteiger partial charge in [-0.2, -0.15) is 4.31 Å². The molecule has 0 radical (unpaired) electrons. The average molecular weight is 500 g/mol. The Bertz CT molecular complexity index is 1350. The first-order valence-electron chi connectivity index (χ1n) is 11.1. The Morgan fingerprint density at radius 1 is 1.06 bits per heavy atom. The maximum absolute atomic E-state index is 14.6. The van der Waals surface area contributed by atoms with Crippen molar-refractivity contribution in [2.75, 3.05) is 26.2 Å². The molecule has 0 unspecified atom stereocenters. The third-order valence-electron chi connectivity index (χ3n) is 5.99. The van der Waals surface area contributed by atoms with Gasteiger partial charge in [-0.1, -0.05) is 6.07 Å². The van der Waals surface area contributed by atoms with Crippen molar-refractivity contribution in [2.45, 2.75) is 25.3 Å². The van der Waals surface area contributed by atoms with Crippen LogP contribution in [0.15, 0.2) is 59.8 Å². The molecular weight excluding hydrogens is 473 g/mol. The number of rotatable bonds is 6. The zero-order chi connectivity index (χ0) is 25.2. The molecule has 0 bridgehead atoms. The number of halogens is 1. The van der Waals surface area contributed by atoms with Gasteiger partial charge in [0.25, 0.3) is 5.91 Å². The molecule has 1 aromatic heterocycles. The summed E-state index contributed by atoms with van der Waals surface area (Å²) in [4.78, 5) is 29.8. The summed E-state index contributed by atoms with van der Waals surface area (Å²) < 4.78 is 43.3. The van der Waals surface area contributed by atoms with Crippen LogP contribution < -0.4 is 5.32 Å². The van der Waals surface area contributed by atoms with E-state index in [0.717, 1.165) is 0 Å². The Morgan fingerprint density at radius 2 is 1.74 bits per heavy atom. The Labute approximate surface area is 203 Å². The van der Waals surface area contributed by atoms with E-state index in [1.807, 2.05) is 0 Å². The van der Waals surface area contributed by atoms with Gasteiger partial charge in [0.1, 0.15) is 11.6 Å². The summed E-state index contributed by atoms with van der Waals surface area (Å²) >= 11 is 0. The van der Waals surface area contributed by atoms with Crippen molar-refractivity contribution in [2.24, 2.45) is 0 Å². The van der Waals surface area contributed by atoms with Crippen LogP contribution in [-0.2, 0) is 21.4 Å². The number of carbonyl (C=O) groups is 2. The molecule has 0 saturated carbocycles. The van der Waals surface area contributed by atoms with Crippen LogP contribution >= 0.6 is 0 Å². The lowest BCUT2D eigenvalue weighted by Gasteiger charge is -2.33. The fourth-order valence-electron chi connectivity index (χ4n) is 3.94. The molecule has 35 heavy (non-hydrogen) atoms. The Kier molecular flexibility index (Phi) is 6.99. The number of carbonyl (C=O) groups excluding carboxylic acids is 2. The standard InChI is InChI=1S/C24H26FN5O4S/c1-17-26-9-10-30(17)23-8-3-19(15-22(23)25)16-27-24(32)20-4-6-21(7-5-20)35(33,34)29-13-11-28(12-14-29)18(2)31/h3-10,15H,11-14,16H2,1-2H3,(H,27,32). The van der Waals surface area contributed by atoms with E-state index in [0.29, 0.717) is 30.2 Å². The third-order valence-corrected chi connectivity index (χ3v) is 7.90. The second kappa shape index (κ2) is 9.96. The molecule has 9 nitrogen and oxygen atoms in total. The summed E-state index contributed by atoms with van der Waals surface area (Å²) in [6.07, 6.45) is 3.26. The summed E-state index contributed by atoms with van der Waals surface area (Å²) in [6, 6.07) is 10.4. The number of aryl methyl sites for hydroxylation is 1. The van der Waals surface area contributed by atoms with Crippen molar-refractivity contribution in [3.8, 4) is 5.69 Å². The Hall–Kier alpha value is -3.57. The first kappa shape index (κ1) is 24.6. The molecule has 0 spiro atoms. The second-order valence-electron chi connectivity index (χ2n) is 8.25. The molecule has 184 valence electrons. The zero-order valence-electron chi connectivity index (χ0n) is 19.4. The summed E-state index contributed by atoms with van der Waals surface area (Å²) in [5, 5.41) is 2.72. The maximum Gasteiger partial charge on any atom is 0.251 e. The normalized spacial score (nSPS) is 14.7. The summed E-state index contributed by atoms with van der Waals surface area (Å²) in [5.41, 5.74) is 1.24. The first-order chi connectivity index (χ1) is 16.7. The van der Waals surface area contributed by atoms with Crippen molar-refractivity contribution in [3.63, 3.8) is 0 Å². The highest BCUT2D eigenvalue weighted by Gasteiger charge is 2.29. The highest BCUT2D eigenvalue weighted by Crippen LogP contribution is 2.19. The molecule has 11 heteroatoms. The minimum atomic E-state index is -3.72. The van der Waals surface area contributed by atoms with E-state index in [1.54, 1.807) is 40.9 Å². The number of piperazine rings is 1. The van der Waals surface area contributed by atoms with E-state index in [1.165, 1.54) is 41.6 Å². The number of nitrogens with zero attached hydrogens (tertiary/aromatic N) is 4. The molecule has 2 heterocycles. The van der Waals surface area contributed by atoms with Gasteiger partial charge in [0.15, 0.2) is 0 Å². The number of benzene rings is 2. The van der Waals surface area contributed by atoms with Crippen molar-refractivity contribution >= 4 is 21.8 Å².